The van der Waals surface area contributed by atoms with Gasteiger partial charge in [0, 0.05) is 22.6 Å². The van der Waals surface area contributed by atoms with E-state index in [1.54, 1.807) is 24.5 Å². The van der Waals surface area contributed by atoms with E-state index in [9.17, 15) is 4.79 Å². The van der Waals surface area contributed by atoms with Crippen molar-refractivity contribution in [1.82, 2.24) is 4.98 Å². The van der Waals surface area contributed by atoms with Crippen molar-refractivity contribution in [3.8, 4) is 0 Å². The summed E-state index contributed by atoms with van der Waals surface area (Å²) in [6, 6.07) is 7.35. The monoisotopic (exact) mass is 304 g/mol. The van der Waals surface area contributed by atoms with Gasteiger partial charge in [0.05, 0.1) is 5.56 Å². The highest BCUT2D eigenvalue weighted by atomic mass is 79.9. The van der Waals surface area contributed by atoms with Gasteiger partial charge in [0.1, 0.15) is 0 Å². The Kier molecular flexibility index (Phi) is 3.77. The van der Waals surface area contributed by atoms with Crippen LogP contribution in [0.15, 0.2) is 41.1 Å². The van der Waals surface area contributed by atoms with Crippen molar-refractivity contribution in [2.24, 2.45) is 0 Å². The number of aromatic nitrogens is 1. The average Bonchev–Trinajstić information content (AvgIpc) is 2.37. The van der Waals surface area contributed by atoms with E-state index in [0.29, 0.717) is 5.56 Å². The number of amides is 1. The Morgan fingerprint density at radius 2 is 1.94 bits per heavy atom. The van der Waals surface area contributed by atoms with Gasteiger partial charge in [-0.1, -0.05) is 15.9 Å². The van der Waals surface area contributed by atoms with E-state index in [0.717, 1.165) is 21.3 Å². The molecule has 1 amide bonds. The molecule has 2 aromatic rings. The average molecular weight is 305 g/mol. The number of pyridine rings is 1. The van der Waals surface area contributed by atoms with E-state index in [4.69, 9.17) is 0 Å². The maximum atomic E-state index is 12.0. The molecule has 0 fully saturated rings. The molecule has 1 aromatic carbocycles. The minimum Gasteiger partial charge on any atom is -0.322 e. The number of nitrogens with zero attached hydrogens (tertiary/aromatic N) is 1. The molecule has 0 saturated heterocycles. The molecule has 0 aliphatic heterocycles. The molecule has 18 heavy (non-hydrogen) atoms. The Balaban J connectivity index is 2.23. The Labute approximate surface area is 114 Å². The van der Waals surface area contributed by atoms with E-state index >= 15 is 0 Å². The number of aryl methyl sites for hydroxylation is 2. The maximum Gasteiger partial charge on any atom is 0.257 e. The van der Waals surface area contributed by atoms with Crippen LogP contribution < -0.4 is 5.32 Å². The molecule has 3 nitrogen and oxygen atoms in total. The largest absolute Gasteiger partial charge is 0.322 e. The zero-order valence-corrected chi connectivity index (χ0v) is 11.8. The maximum absolute atomic E-state index is 12.0. The first-order valence-electron chi connectivity index (χ1n) is 5.56. The van der Waals surface area contributed by atoms with E-state index in [1.165, 1.54) is 0 Å². The van der Waals surface area contributed by atoms with Crippen LogP contribution in [0, 0.1) is 13.8 Å². The van der Waals surface area contributed by atoms with Crippen molar-refractivity contribution < 1.29 is 4.79 Å². The molecule has 0 aliphatic carbocycles. The normalized spacial score (nSPS) is 10.2. The van der Waals surface area contributed by atoms with Crippen molar-refractivity contribution >= 4 is 27.5 Å². The van der Waals surface area contributed by atoms with E-state index < -0.39 is 0 Å². The third-order valence-electron chi connectivity index (χ3n) is 2.62. The second-order valence-corrected chi connectivity index (χ2v) is 4.91. The third kappa shape index (κ3) is 2.76. The van der Waals surface area contributed by atoms with Crippen LogP contribution >= 0.6 is 15.9 Å². The summed E-state index contributed by atoms with van der Waals surface area (Å²) in [5, 5.41) is 2.87. The van der Waals surface area contributed by atoms with Gasteiger partial charge < -0.3 is 5.32 Å². The predicted molar refractivity (Wildman–Crippen MR) is 75.8 cm³/mol. The lowest BCUT2D eigenvalue weighted by molar-refractivity contribution is 0.102. The number of nitrogens with one attached hydrogen (secondary N) is 1. The van der Waals surface area contributed by atoms with Gasteiger partial charge >= 0.3 is 0 Å². The molecule has 4 heteroatoms. The van der Waals surface area contributed by atoms with E-state index in [2.05, 4.69) is 26.2 Å². The highest BCUT2D eigenvalue weighted by molar-refractivity contribution is 9.10. The van der Waals surface area contributed by atoms with Crippen molar-refractivity contribution in [2.75, 3.05) is 5.32 Å². The Morgan fingerprint density at radius 1 is 1.28 bits per heavy atom. The fraction of sp³-hybridized carbons (Fsp3) is 0.143. The van der Waals surface area contributed by atoms with Crippen LogP contribution in [-0.2, 0) is 0 Å². The molecule has 0 spiro atoms. The van der Waals surface area contributed by atoms with E-state index in [-0.39, 0.29) is 5.91 Å². The smallest absolute Gasteiger partial charge is 0.257 e. The number of hydrogen-bond acceptors (Lipinski definition) is 2. The van der Waals surface area contributed by atoms with Crippen molar-refractivity contribution in [1.29, 1.82) is 0 Å². The SMILES string of the molecule is Cc1cc(NC(=O)c2cccnc2)cc(C)c1Br. The lowest BCUT2D eigenvalue weighted by atomic mass is 10.1. The van der Waals surface area contributed by atoms with Gasteiger partial charge in [-0.05, 0) is 49.2 Å². The van der Waals surface area contributed by atoms with Crippen LogP contribution in [0.25, 0.3) is 0 Å². The summed E-state index contributed by atoms with van der Waals surface area (Å²) in [7, 11) is 0. The molecule has 0 aliphatic rings. The fourth-order valence-electron chi connectivity index (χ4n) is 1.72. The molecule has 92 valence electrons. The number of carbonyl (C=O) groups is 1. The van der Waals surface area contributed by atoms with Gasteiger partial charge in [0.2, 0.25) is 0 Å². The molecule has 0 unspecified atom stereocenters. The van der Waals surface area contributed by atoms with Crippen LogP contribution in [0.1, 0.15) is 21.5 Å². The molecule has 0 atom stereocenters. The number of hydrogen-bond donors (Lipinski definition) is 1. The van der Waals surface area contributed by atoms with Gasteiger partial charge in [-0.3, -0.25) is 9.78 Å². The van der Waals surface area contributed by atoms with Gasteiger partial charge in [-0.15, -0.1) is 0 Å². The summed E-state index contributed by atoms with van der Waals surface area (Å²) >= 11 is 3.50. The molecular weight excluding hydrogens is 292 g/mol. The van der Waals surface area contributed by atoms with Gasteiger partial charge in [0.15, 0.2) is 0 Å². The fourth-order valence-corrected chi connectivity index (χ4v) is 1.95. The minimum absolute atomic E-state index is 0.149. The summed E-state index contributed by atoms with van der Waals surface area (Å²) in [5.41, 5.74) is 3.53. The molecule has 1 N–H and O–H groups in total. The second-order valence-electron chi connectivity index (χ2n) is 4.12. The molecule has 1 aromatic heterocycles. The zero-order valence-electron chi connectivity index (χ0n) is 10.2. The summed E-state index contributed by atoms with van der Waals surface area (Å²) in [6.07, 6.45) is 3.19. The highest BCUT2D eigenvalue weighted by Crippen LogP contribution is 2.25. The first-order valence-corrected chi connectivity index (χ1v) is 6.35. The van der Waals surface area contributed by atoms with Crippen molar-refractivity contribution in [2.45, 2.75) is 13.8 Å². The zero-order chi connectivity index (χ0) is 13.1. The molecule has 2 rings (SSSR count). The number of anilines is 1. The van der Waals surface area contributed by atoms with Crippen molar-refractivity contribution in [3.05, 3.63) is 57.8 Å². The Bertz CT molecular complexity index is 559. The minimum atomic E-state index is -0.149. The Morgan fingerprint density at radius 3 is 2.50 bits per heavy atom. The third-order valence-corrected chi connectivity index (χ3v) is 3.87. The van der Waals surface area contributed by atoms with Gasteiger partial charge in [-0.25, -0.2) is 0 Å². The van der Waals surface area contributed by atoms with Crippen LogP contribution in [0.3, 0.4) is 0 Å². The van der Waals surface area contributed by atoms with Crippen molar-refractivity contribution in [3.63, 3.8) is 0 Å². The van der Waals surface area contributed by atoms with Crippen LogP contribution in [0.4, 0.5) is 5.69 Å². The second kappa shape index (κ2) is 5.31. The first-order chi connectivity index (χ1) is 8.58. The lowest BCUT2D eigenvalue weighted by Crippen LogP contribution is -2.12. The molecule has 0 bridgehead atoms. The summed E-state index contributed by atoms with van der Waals surface area (Å²) in [4.78, 5) is 15.9. The molecule has 1 heterocycles. The lowest BCUT2D eigenvalue weighted by Gasteiger charge is -2.09. The van der Waals surface area contributed by atoms with Crippen LogP contribution in [-0.4, -0.2) is 10.9 Å². The van der Waals surface area contributed by atoms with E-state index in [1.807, 2.05) is 26.0 Å². The van der Waals surface area contributed by atoms with Gasteiger partial charge in [-0.2, -0.15) is 0 Å². The standard InChI is InChI=1S/C14H13BrN2O/c1-9-6-12(7-10(2)13(9)15)17-14(18)11-4-3-5-16-8-11/h3-8H,1-2H3,(H,17,18). The van der Waals surface area contributed by atoms with Crippen LogP contribution in [0.2, 0.25) is 0 Å². The number of benzene rings is 1. The number of carbonyl (C=O) groups excluding carboxylic acids is 1. The first kappa shape index (κ1) is 12.8. The number of rotatable bonds is 2. The molecular formula is C14H13BrN2O. The quantitative estimate of drug-likeness (QED) is 0.919. The molecule has 0 radical (unpaired) electrons. The summed E-state index contributed by atoms with van der Waals surface area (Å²) in [6.45, 7) is 3.99. The number of halogens is 1. The Hall–Kier alpha value is -1.68. The topological polar surface area (TPSA) is 42.0 Å². The molecule has 0 saturated carbocycles. The van der Waals surface area contributed by atoms with Gasteiger partial charge in [0.25, 0.3) is 5.91 Å². The summed E-state index contributed by atoms with van der Waals surface area (Å²) in [5.74, 6) is -0.149. The predicted octanol–water partition coefficient (Wildman–Crippen LogP) is 3.71. The van der Waals surface area contributed by atoms with Crippen LogP contribution in [0.5, 0.6) is 0 Å². The highest BCUT2D eigenvalue weighted by Gasteiger charge is 2.08. The summed E-state index contributed by atoms with van der Waals surface area (Å²) < 4.78 is 1.07.